The Balaban J connectivity index is 1.40. The molecule has 2 heterocycles. The van der Waals surface area contributed by atoms with Gasteiger partial charge in [-0.15, -0.1) is 11.3 Å². The van der Waals surface area contributed by atoms with Crippen molar-refractivity contribution in [2.45, 2.75) is 45.8 Å². The maximum absolute atomic E-state index is 13.3. The van der Waals surface area contributed by atoms with Gasteiger partial charge in [-0.2, -0.15) is 0 Å². The Kier molecular flexibility index (Phi) is 7.68. The smallest absolute Gasteiger partial charge is 0.255 e. The summed E-state index contributed by atoms with van der Waals surface area (Å²) in [5.74, 6) is 1.36. The van der Waals surface area contributed by atoms with Crippen LogP contribution in [0.3, 0.4) is 0 Å². The van der Waals surface area contributed by atoms with Gasteiger partial charge in [0.25, 0.3) is 5.91 Å². The first-order valence-electron chi connectivity index (χ1n) is 12.0. The van der Waals surface area contributed by atoms with E-state index in [0.29, 0.717) is 18.7 Å². The third-order valence-corrected chi connectivity index (χ3v) is 7.88. The number of hydrogen-bond donors (Lipinski definition) is 1. The van der Waals surface area contributed by atoms with Gasteiger partial charge < -0.3 is 14.5 Å². The van der Waals surface area contributed by atoms with Gasteiger partial charge in [-0.05, 0) is 74.1 Å². The van der Waals surface area contributed by atoms with E-state index in [0.717, 1.165) is 63.4 Å². The first-order valence-corrected chi connectivity index (χ1v) is 13.6. The number of nitrogens with zero attached hydrogens (tertiary/aromatic N) is 1. The molecule has 0 fully saturated rings. The number of fused-ring (bicyclic) bond motifs is 1. The summed E-state index contributed by atoms with van der Waals surface area (Å²) in [5, 5.41) is 3.75. The molecule has 1 aliphatic rings. The van der Waals surface area contributed by atoms with Gasteiger partial charge in [0, 0.05) is 21.1 Å². The van der Waals surface area contributed by atoms with Crippen LogP contribution in [-0.2, 0) is 26.0 Å². The molecule has 0 atom stereocenters. The van der Waals surface area contributed by atoms with Crippen molar-refractivity contribution in [3.05, 3.63) is 104 Å². The molecular formula is C29H27BrN2O3S. The summed E-state index contributed by atoms with van der Waals surface area (Å²) < 4.78 is 12.5. The molecule has 1 aliphatic carbocycles. The number of furan rings is 1. The summed E-state index contributed by atoms with van der Waals surface area (Å²) in [4.78, 5) is 19.3. The van der Waals surface area contributed by atoms with Crippen LogP contribution in [0, 0.1) is 6.92 Å². The second-order valence-electron chi connectivity index (χ2n) is 8.87. The van der Waals surface area contributed by atoms with E-state index in [-0.39, 0.29) is 5.91 Å². The van der Waals surface area contributed by atoms with E-state index in [2.05, 4.69) is 52.4 Å². The molecule has 1 N–H and O–H groups in total. The Labute approximate surface area is 223 Å². The molecule has 0 radical (unpaired) electrons. The minimum absolute atomic E-state index is 0.108. The molecule has 36 heavy (non-hydrogen) atoms. The lowest BCUT2D eigenvalue weighted by molar-refractivity contribution is 0.0948. The maximum Gasteiger partial charge on any atom is 0.255 e. The van der Waals surface area contributed by atoms with Gasteiger partial charge in [0.05, 0.1) is 18.4 Å². The highest BCUT2D eigenvalue weighted by molar-refractivity contribution is 9.10. The lowest BCUT2D eigenvalue weighted by Crippen LogP contribution is -2.23. The molecule has 0 aliphatic heterocycles. The quantitative estimate of drug-likeness (QED) is 0.225. The Morgan fingerprint density at radius 1 is 1.17 bits per heavy atom. The molecule has 7 heteroatoms. The van der Waals surface area contributed by atoms with Gasteiger partial charge in [0.15, 0.2) is 0 Å². The summed E-state index contributed by atoms with van der Waals surface area (Å²) >= 11 is 5.18. The molecule has 5 rings (SSSR count). The number of hydrogen-bond acceptors (Lipinski definition) is 5. The average molecular weight is 564 g/mol. The monoisotopic (exact) mass is 562 g/mol. The second-order valence-corrected chi connectivity index (χ2v) is 10.9. The molecule has 2 aromatic heterocycles. The molecular weight excluding hydrogens is 536 g/mol. The largest absolute Gasteiger partial charge is 0.488 e. The predicted octanol–water partition coefficient (Wildman–Crippen LogP) is 7.55. The molecule has 0 unspecified atom stereocenters. The van der Waals surface area contributed by atoms with Crippen molar-refractivity contribution in [3.8, 4) is 5.75 Å². The lowest BCUT2D eigenvalue weighted by Gasteiger charge is -2.12. The van der Waals surface area contributed by atoms with Crippen LogP contribution in [0.25, 0.3) is 0 Å². The van der Waals surface area contributed by atoms with Gasteiger partial charge in [-0.1, -0.05) is 45.8 Å². The molecule has 1 amide bonds. The zero-order valence-electron chi connectivity index (χ0n) is 20.1. The van der Waals surface area contributed by atoms with Crippen molar-refractivity contribution in [1.29, 1.82) is 0 Å². The van der Waals surface area contributed by atoms with E-state index in [4.69, 9.17) is 14.1 Å². The highest BCUT2D eigenvalue weighted by atomic mass is 79.9. The maximum atomic E-state index is 13.3. The minimum atomic E-state index is -0.108. The number of halogens is 1. The van der Waals surface area contributed by atoms with Gasteiger partial charge in [-0.25, -0.2) is 4.99 Å². The molecule has 0 saturated carbocycles. The zero-order valence-corrected chi connectivity index (χ0v) is 22.5. The molecule has 184 valence electrons. The van der Waals surface area contributed by atoms with Gasteiger partial charge >= 0.3 is 0 Å². The molecule has 0 spiro atoms. The lowest BCUT2D eigenvalue weighted by atomic mass is 9.95. The van der Waals surface area contributed by atoms with E-state index in [1.54, 1.807) is 23.8 Å². The molecule has 0 bridgehead atoms. The van der Waals surface area contributed by atoms with Crippen molar-refractivity contribution in [2.24, 2.45) is 4.99 Å². The topological polar surface area (TPSA) is 63.8 Å². The number of rotatable bonds is 8. The van der Waals surface area contributed by atoms with E-state index in [1.807, 2.05) is 30.3 Å². The Morgan fingerprint density at radius 2 is 2.00 bits per heavy atom. The van der Waals surface area contributed by atoms with Crippen LogP contribution >= 0.6 is 27.3 Å². The standard InChI is InChI=1S/C29H27BrN2O3S/c1-19-8-10-20(11-9-19)18-35-25-13-12-22(30)15-21(25)16-32-29-27(24-6-2-3-7-26(24)36-29)28(33)31-17-23-5-4-14-34-23/h4-5,8-16H,2-3,6-7,17-18H2,1H3,(H,31,33). The van der Waals surface area contributed by atoms with E-state index in [1.165, 1.54) is 10.4 Å². The molecule has 4 aromatic rings. The fraction of sp³-hybridized carbons (Fsp3) is 0.241. The number of aryl methyl sites for hydroxylation is 2. The number of ether oxygens (including phenoxy) is 1. The van der Waals surface area contributed by atoms with Crippen LogP contribution in [0.2, 0.25) is 0 Å². The van der Waals surface area contributed by atoms with Crippen LogP contribution in [0.1, 0.15) is 56.1 Å². The summed E-state index contributed by atoms with van der Waals surface area (Å²) in [5.41, 5.74) is 5.01. The number of aliphatic imine (C=N–C) groups is 1. The fourth-order valence-electron chi connectivity index (χ4n) is 4.27. The Hall–Kier alpha value is -3.16. The number of nitrogens with one attached hydrogen (secondary N) is 1. The number of benzene rings is 2. The number of amides is 1. The van der Waals surface area contributed by atoms with E-state index < -0.39 is 0 Å². The van der Waals surface area contributed by atoms with Crippen molar-refractivity contribution in [2.75, 3.05) is 0 Å². The van der Waals surface area contributed by atoms with Crippen molar-refractivity contribution in [3.63, 3.8) is 0 Å². The van der Waals surface area contributed by atoms with Gasteiger partial charge in [0.2, 0.25) is 0 Å². The SMILES string of the molecule is Cc1ccc(COc2ccc(Br)cc2C=Nc2sc3c(c2C(=O)NCc2ccco2)CCCC3)cc1. The Morgan fingerprint density at radius 3 is 2.81 bits per heavy atom. The zero-order chi connectivity index (χ0) is 24.9. The molecule has 5 nitrogen and oxygen atoms in total. The fourth-order valence-corrected chi connectivity index (χ4v) is 5.88. The first-order chi connectivity index (χ1) is 17.6. The number of carbonyl (C=O) groups excluding carboxylic acids is 1. The van der Waals surface area contributed by atoms with Crippen LogP contribution < -0.4 is 10.1 Å². The van der Waals surface area contributed by atoms with Gasteiger partial charge in [-0.3, -0.25) is 4.79 Å². The summed E-state index contributed by atoms with van der Waals surface area (Å²) in [6.07, 6.45) is 7.55. The van der Waals surface area contributed by atoms with E-state index in [9.17, 15) is 4.79 Å². The normalized spacial score (nSPS) is 13.1. The third kappa shape index (κ3) is 5.79. The van der Waals surface area contributed by atoms with Crippen LogP contribution in [0.4, 0.5) is 5.00 Å². The molecule has 2 aromatic carbocycles. The average Bonchev–Trinajstić information content (AvgIpc) is 3.54. The Bertz CT molecular complexity index is 1370. The van der Waals surface area contributed by atoms with Crippen molar-refractivity contribution >= 4 is 44.4 Å². The van der Waals surface area contributed by atoms with Gasteiger partial charge in [0.1, 0.15) is 23.1 Å². The van der Waals surface area contributed by atoms with Crippen LogP contribution in [0.5, 0.6) is 5.75 Å². The third-order valence-electron chi connectivity index (χ3n) is 6.19. The highest BCUT2D eigenvalue weighted by Gasteiger charge is 2.25. The minimum Gasteiger partial charge on any atom is -0.488 e. The molecule has 0 saturated heterocycles. The van der Waals surface area contributed by atoms with E-state index >= 15 is 0 Å². The summed E-state index contributed by atoms with van der Waals surface area (Å²) in [6.45, 7) is 2.89. The predicted molar refractivity (Wildman–Crippen MR) is 148 cm³/mol. The van der Waals surface area contributed by atoms with Crippen molar-refractivity contribution < 1.29 is 13.9 Å². The van der Waals surface area contributed by atoms with Crippen LogP contribution in [-0.4, -0.2) is 12.1 Å². The first kappa shape index (κ1) is 24.5. The number of carbonyl (C=O) groups is 1. The number of thiophene rings is 1. The summed E-state index contributed by atoms with van der Waals surface area (Å²) in [7, 11) is 0. The van der Waals surface area contributed by atoms with Crippen molar-refractivity contribution in [1.82, 2.24) is 5.32 Å². The second kappa shape index (κ2) is 11.3. The summed E-state index contributed by atoms with van der Waals surface area (Å²) in [6, 6.07) is 17.9. The van der Waals surface area contributed by atoms with Crippen LogP contribution in [0.15, 0.2) is 74.7 Å². The highest BCUT2D eigenvalue weighted by Crippen LogP contribution is 2.40.